The van der Waals surface area contributed by atoms with E-state index in [0.29, 0.717) is 5.57 Å². The predicted molar refractivity (Wildman–Crippen MR) is 35.9 cm³/mol. The molecule has 0 bridgehead atoms. The zero-order chi connectivity index (χ0) is 7.84. The van der Waals surface area contributed by atoms with Gasteiger partial charge in [-0.2, -0.15) is 10.2 Å². The van der Waals surface area contributed by atoms with E-state index in [2.05, 4.69) is 10.2 Å². The SMILES string of the molecule is O=C1C=CC(=O)C(C2N=N2)=C1. The van der Waals surface area contributed by atoms with Crippen molar-refractivity contribution in [1.29, 1.82) is 0 Å². The van der Waals surface area contributed by atoms with E-state index in [1.165, 1.54) is 18.2 Å². The molecule has 1 aliphatic carbocycles. The zero-order valence-corrected chi connectivity index (χ0v) is 5.52. The molecule has 0 unspecified atom stereocenters. The van der Waals surface area contributed by atoms with Gasteiger partial charge in [-0.3, -0.25) is 9.59 Å². The molecule has 0 aromatic heterocycles. The van der Waals surface area contributed by atoms with Crippen LogP contribution in [0.4, 0.5) is 0 Å². The average molecular weight is 148 g/mol. The minimum Gasteiger partial charge on any atom is -0.290 e. The second-order valence-corrected chi connectivity index (χ2v) is 2.30. The maximum absolute atomic E-state index is 11.0. The van der Waals surface area contributed by atoms with Crippen molar-refractivity contribution in [3.8, 4) is 0 Å². The molecule has 2 rings (SSSR count). The number of carbonyl (C=O) groups is 2. The topological polar surface area (TPSA) is 58.9 Å². The normalized spacial score (nSPS) is 22.4. The number of ketones is 2. The molecule has 0 N–H and O–H groups in total. The predicted octanol–water partition coefficient (Wildman–Crippen LogP) is 0.413. The third kappa shape index (κ3) is 1.02. The van der Waals surface area contributed by atoms with Crippen molar-refractivity contribution >= 4 is 11.6 Å². The van der Waals surface area contributed by atoms with Crippen molar-refractivity contribution in [3.63, 3.8) is 0 Å². The van der Waals surface area contributed by atoms with Gasteiger partial charge in [-0.05, 0) is 18.2 Å². The highest BCUT2D eigenvalue weighted by atomic mass is 16.1. The number of nitrogens with zero attached hydrogens (tertiary/aromatic N) is 2. The van der Waals surface area contributed by atoms with Gasteiger partial charge in [0.15, 0.2) is 11.6 Å². The molecule has 2 aliphatic rings. The zero-order valence-electron chi connectivity index (χ0n) is 5.52. The van der Waals surface area contributed by atoms with E-state index in [4.69, 9.17) is 0 Å². The van der Waals surface area contributed by atoms with E-state index < -0.39 is 0 Å². The van der Waals surface area contributed by atoms with Gasteiger partial charge in [0.05, 0.1) is 5.57 Å². The Bertz CT molecular complexity index is 319. The number of rotatable bonds is 1. The van der Waals surface area contributed by atoms with Crippen molar-refractivity contribution in [2.75, 3.05) is 0 Å². The first-order valence-electron chi connectivity index (χ1n) is 3.15. The van der Waals surface area contributed by atoms with Crippen LogP contribution in [0, 0.1) is 0 Å². The van der Waals surface area contributed by atoms with Gasteiger partial charge in [-0.1, -0.05) is 0 Å². The molecule has 0 spiro atoms. The van der Waals surface area contributed by atoms with Crippen molar-refractivity contribution < 1.29 is 9.59 Å². The lowest BCUT2D eigenvalue weighted by Crippen LogP contribution is -2.11. The minimum absolute atomic E-state index is 0.167. The molecule has 1 heterocycles. The summed E-state index contributed by atoms with van der Waals surface area (Å²) in [7, 11) is 0. The summed E-state index contributed by atoms with van der Waals surface area (Å²) in [6, 6.07) is 0. The second kappa shape index (κ2) is 1.95. The van der Waals surface area contributed by atoms with Gasteiger partial charge in [0.1, 0.15) is 0 Å². The fourth-order valence-electron chi connectivity index (χ4n) is 0.886. The van der Waals surface area contributed by atoms with Crippen molar-refractivity contribution in [2.45, 2.75) is 6.17 Å². The standard InChI is InChI=1S/C7H4N2O2/c10-4-1-2-6(11)5(3-4)7-8-9-7/h1-3,7H. The lowest BCUT2D eigenvalue weighted by Gasteiger charge is -2.00. The summed E-state index contributed by atoms with van der Waals surface area (Å²) in [5, 5.41) is 7.12. The molecular formula is C7H4N2O2. The Morgan fingerprint density at radius 1 is 1.18 bits per heavy atom. The molecule has 0 saturated carbocycles. The van der Waals surface area contributed by atoms with Crippen LogP contribution < -0.4 is 0 Å². The largest absolute Gasteiger partial charge is 0.290 e. The molecule has 4 nitrogen and oxygen atoms in total. The fraction of sp³-hybridized carbons (Fsp3) is 0.143. The van der Waals surface area contributed by atoms with Crippen molar-refractivity contribution in [3.05, 3.63) is 23.8 Å². The number of allylic oxidation sites excluding steroid dienone is 3. The van der Waals surface area contributed by atoms with Gasteiger partial charge in [-0.15, -0.1) is 0 Å². The summed E-state index contributed by atoms with van der Waals surface area (Å²) < 4.78 is 0. The van der Waals surface area contributed by atoms with Gasteiger partial charge < -0.3 is 0 Å². The number of hydrogen-bond acceptors (Lipinski definition) is 4. The molecule has 0 saturated heterocycles. The van der Waals surface area contributed by atoms with Crippen LogP contribution >= 0.6 is 0 Å². The summed E-state index contributed by atoms with van der Waals surface area (Å²) >= 11 is 0. The highest BCUT2D eigenvalue weighted by Gasteiger charge is 2.28. The van der Waals surface area contributed by atoms with Gasteiger partial charge in [0.2, 0.25) is 6.17 Å². The van der Waals surface area contributed by atoms with Gasteiger partial charge in [-0.25, -0.2) is 0 Å². The first-order chi connectivity index (χ1) is 5.27. The molecule has 0 radical (unpaired) electrons. The van der Waals surface area contributed by atoms with E-state index in [1.54, 1.807) is 0 Å². The second-order valence-electron chi connectivity index (χ2n) is 2.30. The van der Waals surface area contributed by atoms with Crippen LogP contribution in [0.3, 0.4) is 0 Å². The molecule has 0 aromatic rings. The Kier molecular flexibility index (Phi) is 1.09. The smallest absolute Gasteiger partial charge is 0.209 e. The summed E-state index contributed by atoms with van der Waals surface area (Å²) in [4.78, 5) is 21.7. The fourth-order valence-corrected chi connectivity index (χ4v) is 0.886. The van der Waals surface area contributed by atoms with Crippen LogP contribution in [0.5, 0.6) is 0 Å². The Morgan fingerprint density at radius 3 is 2.55 bits per heavy atom. The highest BCUT2D eigenvalue weighted by molar-refractivity contribution is 6.17. The number of carbonyl (C=O) groups excluding carboxylic acids is 2. The Balaban J connectivity index is 2.29. The highest BCUT2D eigenvalue weighted by Crippen LogP contribution is 2.23. The van der Waals surface area contributed by atoms with Crippen LogP contribution in [0.25, 0.3) is 0 Å². The third-order valence-electron chi connectivity index (χ3n) is 1.49. The molecule has 4 heteroatoms. The number of hydrogen-bond donors (Lipinski definition) is 0. The Hall–Kier alpha value is -1.58. The van der Waals surface area contributed by atoms with Crippen molar-refractivity contribution in [2.24, 2.45) is 10.2 Å². The van der Waals surface area contributed by atoms with Gasteiger partial charge in [0.25, 0.3) is 0 Å². The summed E-state index contributed by atoms with van der Waals surface area (Å²) in [6.45, 7) is 0. The van der Waals surface area contributed by atoms with E-state index >= 15 is 0 Å². The van der Waals surface area contributed by atoms with E-state index in [-0.39, 0.29) is 17.7 Å². The molecule has 0 amide bonds. The summed E-state index contributed by atoms with van der Waals surface area (Å²) in [5.41, 5.74) is 0.387. The van der Waals surface area contributed by atoms with Crippen LogP contribution in [-0.2, 0) is 9.59 Å². The first-order valence-corrected chi connectivity index (χ1v) is 3.15. The lowest BCUT2D eigenvalue weighted by atomic mass is 10.0. The Morgan fingerprint density at radius 2 is 1.91 bits per heavy atom. The molecule has 0 atom stereocenters. The molecule has 1 aliphatic heterocycles. The molecule has 11 heavy (non-hydrogen) atoms. The van der Waals surface area contributed by atoms with Crippen LogP contribution in [0.2, 0.25) is 0 Å². The summed E-state index contributed by atoms with van der Waals surface area (Å²) in [5.74, 6) is -0.337. The average Bonchev–Trinajstić information content (AvgIpc) is 2.76. The minimum atomic E-state index is -0.364. The van der Waals surface area contributed by atoms with E-state index in [1.807, 2.05) is 0 Å². The van der Waals surface area contributed by atoms with Gasteiger partial charge in [0, 0.05) is 0 Å². The maximum atomic E-state index is 11.0. The van der Waals surface area contributed by atoms with Crippen LogP contribution in [-0.4, -0.2) is 17.7 Å². The first kappa shape index (κ1) is 6.15. The lowest BCUT2D eigenvalue weighted by molar-refractivity contribution is -0.114. The van der Waals surface area contributed by atoms with Crippen molar-refractivity contribution in [1.82, 2.24) is 0 Å². The quantitative estimate of drug-likeness (QED) is 0.506. The third-order valence-corrected chi connectivity index (χ3v) is 1.49. The molecular weight excluding hydrogens is 144 g/mol. The van der Waals surface area contributed by atoms with E-state index in [9.17, 15) is 9.59 Å². The molecule has 0 aromatic carbocycles. The van der Waals surface area contributed by atoms with Crippen LogP contribution in [0.15, 0.2) is 34.0 Å². The van der Waals surface area contributed by atoms with Gasteiger partial charge >= 0.3 is 0 Å². The molecule has 0 fully saturated rings. The maximum Gasteiger partial charge on any atom is 0.209 e. The van der Waals surface area contributed by atoms with E-state index in [0.717, 1.165) is 0 Å². The monoisotopic (exact) mass is 148 g/mol. The molecule has 54 valence electrons. The van der Waals surface area contributed by atoms with Crippen LogP contribution in [0.1, 0.15) is 0 Å². The Labute approximate surface area is 62.3 Å². The summed E-state index contributed by atoms with van der Waals surface area (Å²) in [6.07, 6.45) is 3.42.